The molecule has 2 atom stereocenters. The van der Waals surface area contributed by atoms with Gasteiger partial charge < -0.3 is 5.73 Å². The predicted molar refractivity (Wildman–Crippen MR) is 74.1 cm³/mol. The molecule has 1 fully saturated rings. The number of thiophene rings is 1. The summed E-state index contributed by atoms with van der Waals surface area (Å²) in [6.07, 6.45) is 1.33. The average Bonchev–Trinajstić information content (AvgIpc) is 2.91. The molecule has 2 N–H and O–H groups in total. The van der Waals surface area contributed by atoms with Crippen LogP contribution in [-0.2, 0) is 6.54 Å². The zero-order valence-electron chi connectivity index (χ0n) is 9.76. The Balaban J connectivity index is 1.92. The lowest BCUT2D eigenvalue weighted by molar-refractivity contribution is 0.184. The van der Waals surface area contributed by atoms with Crippen LogP contribution in [0.15, 0.2) is 16.8 Å². The minimum atomic E-state index is 0.551. The van der Waals surface area contributed by atoms with Crippen molar-refractivity contribution in [2.24, 2.45) is 11.7 Å². The molecule has 1 aliphatic heterocycles. The van der Waals surface area contributed by atoms with Crippen molar-refractivity contribution in [3.05, 3.63) is 22.4 Å². The summed E-state index contributed by atoms with van der Waals surface area (Å²) >= 11 is 3.84. The van der Waals surface area contributed by atoms with Gasteiger partial charge in [0, 0.05) is 19.1 Å². The molecule has 0 aliphatic carbocycles. The molecule has 0 bridgehead atoms. The van der Waals surface area contributed by atoms with E-state index in [-0.39, 0.29) is 0 Å². The van der Waals surface area contributed by atoms with Crippen LogP contribution in [0.2, 0.25) is 0 Å². The normalized spacial score (nSPS) is 22.8. The van der Waals surface area contributed by atoms with Gasteiger partial charge in [0.2, 0.25) is 0 Å². The average molecular weight is 256 g/mol. The minimum absolute atomic E-state index is 0.551. The maximum absolute atomic E-state index is 5.93. The Bertz CT molecular complexity index is 294. The largest absolute Gasteiger partial charge is 0.329 e. The summed E-state index contributed by atoms with van der Waals surface area (Å²) in [6.45, 7) is 1.82. The van der Waals surface area contributed by atoms with Crippen LogP contribution in [0, 0.1) is 5.92 Å². The SMILES string of the molecule is CN(Cc1ccsc1)C(CN)C1CCSC1. The molecule has 1 aromatic heterocycles. The van der Waals surface area contributed by atoms with Gasteiger partial charge in [-0.25, -0.2) is 0 Å². The highest BCUT2D eigenvalue weighted by Gasteiger charge is 2.27. The summed E-state index contributed by atoms with van der Waals surface area (Å²) < 4.78 is 0. The molecular formula is C12H20N2S2. The predicted octanol–water partition coefficient (Wildman–Crippen LogP) is 2.26. The Labute approximate surface area is 106 Å². The smallest absolute Gasteiger partial charge is 0.0255 e. The molecule has 2 unspecified atom stereocenters. The molecule has 2 heterocycles. The maximum Gasteiger partial charge on any atom is 0.0255 e. The van der Waals surface area contributed by atoms with E-state index in [0.717, 1.165) is 19.0 Å². The molecule has 1 saturated heterocycles. The number of nitrogens with two attached hydrogens (primary N) is 1. The van der Waals surface area contributed by atoms with Gasteiger partial charge in [-0.1, -0.05) is 0 Å². The highest BCUT2D eigenvalue weighted by Crippen LogP contribution is 2.28. The number of hydrogen-bond acceptors (Lipinski definition) is 4. The topological polar surface area (TPSA) is 29.3 Å². The highest BCUT2D eigenvalue weighted by atomic mass is 32.2. The van der Waals surface area contributed by atoms with Gasteiger partial charge in [-0.05, 0) is 53.3 Å². The van der Waals surface area contributed by atoms with E-state index < -0.39 is 0 Å². The van der Waals surface area contributed by atoms with Crippen LogP contribution in [0.25, 0.3) is 0 Å². The Kier molecular flexibility index (Phi) is 4.70. The van der Waals surface area contributed by atoms with E-state index in [1.54, 1.807) is 11.3 Å². The first-order chi connectivity index (χ1) is 7.81. The van der Waals surface area contributed by atoms with Crippen LogP contribution in [0.4, 0.5) is 0 Å². The summed E-state index contributed by atoms with van der Waals surface area (Å²) in [7, 11) is 2.21. The first-order valence-electron chi connectivity index (χ1n) is 5.80. The molecule has 0 amide bonds. The monoisotopic (exact) mass is 256 g/mol. The highest BCUT2D eigenvalue weighted by molar-refractivity contribution is 7.99. The van der Waals surface area contributed by atoms with Crippen molar-refractivity contribution in [1.29, 1.82) is 0 Å². The van der Waals surface area contributed by atoms with Crippen LogP contribution in [0.1, 0.15) is 12.0 Å². The van der Waals surface area contributed by atoms with Crippen LogP contribution in [0.5, 0.6) is 0 Å². The fourth-order valence-electron chi connectivity index (χ4n) is 2.38. The number of rotatable bonds is 5. The first-order valence-corrected chi connectivity index (χ1v) is 7.90. The molecule has 2 rings (SSSR count). The molecule has 1 aromatic rings. The van der Waals surface area contributed by atoms with Crippen molar-refractivity contribution in [3.8, 4) is 0 Å². The van der Waals surface area contributed by atoms with Crippen molar-refractivity contribution >= 4 is 23.1 Å². The third-order valence-electron chi connectivity index (χ3n) is 3.33. The van der Waals surface area contributed by atoms with Crippen molar-refractivity contribution in [3.63, 3.8) is 0 Å². The number of nitrogens with zero attached hydrogens (tertiary/aromatic N) is 1. The Hall–Kier alpha value is -0.0300. The molecular weight excluding hydrogens is 236 g/mol. The molecule has 2 nitrogen and oxygen atoms in total. The molecule has 0 radical (unpaired) electrons. The minimum Gasteiger partial charge on any atom is -0.329 e. The van der Waals surface area contributed by atoms with Crippen LogP contribution in [-0.4, -0.2) is 36.0 Å². The van der Waals surface area contributed by atoms with E-state index in [2.05, 4.69) is 40.5 Å². The van der Waals surface area contributed by atoms with Crippen molar-refractivity contribution < 1.29 is 0 Å². The molecule has 0 saturated carbocycles. The first kappa shape index (κ1) is 12.4. The fourth-order valence-corrected chi connectivity index (χ4v) is 4.36. The lowest BCUT2D eigenvalue weighted by Gasteiger charge is -2.31. The zero-order valence-corrected chi connectivity index (χ0v) is 11.4. The molecule has 90 valence electrons. The van der Waals surface area contributed by atoms with Crippen LogP contribution >= 0.6 is 23.1 Å². The van der Waals surface area contributed by atoms with E-state index in [0.29, 0.717) is 6.04 Å². The summed E-state index contributed by atoms with van der Waals surface area (Å²) in [4.78, 5) is 2.43. The lowest BCUT2D eigenvalue weighted by atomic mass is 9.98. The standard InChI is InChI=1S/C12H20N2S2/c1-14(7-10-2-4-15-8-10)12(6-13)11-3-5-16-9-11/h2,4,8,11-12H,3,5-7,9,13H2,1H3. The molecule has 4 heteroatoms. The summed E-state index contributed by atoms with van der Waals surface area (Å²) in [5, 5.41) is 4.37. The van der Waals surface area contributed by atoms with Crippen molar-refractivity contribution in [1.82, 2.24) is 4.90 Å². The van der Waals surface area contributed by atoms with Crippen molar-refractivity contribution in [2.75, 3.05) is 25.1 Å². The van der Waals surface area contributed by atoms with Gasteiger partial charge in [0.05, 0.1) is 0 Å². The van der Waals surface area contributed by atoms with Gasteiger partial charge in [0.25, 0.3) is 0 Å². The zero-order chi connectivity index (χ0) is 11.4. The van der Waals surface area contributed by atoms with E-state index >= 15 is 0 Å². The van der Waals surface area contributed by atoms with E-state index in [1.165, 1.54) is 23.5 Å². The fraction of sp³-hybridized carbons (Fsp3) is 0.667. The molecule has 1 aliphatic rings. The van der Waals surface area contributed by atoms with Crippen molar-refractivity contribution in [2.45, 2.75) is 19.0 Å². The van der Waals surface area contributed by atoms with Gasteiger partial charge >= 0.3 is 0 Å². The van der Waals surface area contributed by atoms with Gasteiger partial charge in [0.15, 0.2) is 0 Å². The quantitative estimate of drug-likeness (QED) is 0.876. The van der Waals surface area contributed by atoms with E-state index in [1.807, 2.05) is 0 Å². The van der Waals surface area contributed by atoms with E-state index in [9.17, 15) is 0 Å². The molecule has 0 aromatic carbocycles. The second kappa shape index (κ2) is 6.05. The van der Waals surface area contributed by atoms with Crippen LogP contribution < -0.4 is 5.73 Å². The second-order valence-corrected chi connectivity index (χ2v) is 6.40. The van der Waals surface area contributed by atoms with Gasteiger partial charge in [0.1, 0.15) is 0 Å². The Morgan fingerprint density at radius 1 is 1.62 bits per heavy atom. The maximum atomic E-state index is 5.93. The summed E-state index contributed by atoms with van der Waals surface area (Å²) in [5.74, 6) is 3.39. The number of likely N-dealkylation sites (N-methyl/N-ethyl adjacent to an activating group) is 1. The molecule has 0 spiro atoms. The van der Waals surface area contributed by atoms with E-state index in [4.69, 9.17) is 5.73 Å². The third-order valence-corrected chi connectivity index (χ3v) is 5.25. The summed E-state index contributed by atoms with van der Waals surface area (Å²) in [5.41, 5.74) is 7.35. The second-order valence-electron chi connectivity index (χ2n) is 4.47. The van der Waals surface area contributed by atoms with Gasteiger partial charge in [-0.3, -0.25) is 4.90 Å². The van der Waals surface area contributed by atoms with Gasteiger partial charge in [-0.15, -0.1) is 0 Å². The third kappa shape index (κ3) is 3.00. The van der Waals surface area contributed by atoms with Crippen LogP contribution in [0.3, 0.4) is 0 Å². The number of thioether (sulfide) groups is 1. The Morgan fingerprint density at radius 2 is 2.50 bits per heavy atom. The number of hydrogen-bond donors (Lipinski definition) is 1. The summed E-state index contributed by atoms with van der Waals surface area (Å²) in [6, 6.07) is 2.76. The lowest BCUT2D eigenvalue weighted by Crippen LogP contribution is -2.43. The molecule has 16 heavy (non-hydrogen) atoms. The van der Waals surface area contributed by atoms with Gasteiger partial charge in [-0.2, -0.15) is 23.1 Å². The Morgan fingerprint density at radius 3 is 3.06 bits per heavy atom.